The maximum atomic E-state index is 11.9. The van der Waals surface area contributed by atoms with Crippen molar-refractivity contribution in [2.24, 2.45) is 0 Å². The van der Waals surface area contributed by atoms with E-state index in [0.717, 1.165) is 30.4 Å². The average Bonchev–Trinajstić information content (AvgIpc) is 2.91. The molecular weight excluding hydrogens is 276 g/mol. The van der Waals surface area contributed by atoms with Gasteiger partial charge in [-0.1, -0.05) is 0 Å². The summed E-state index contributed by atoms with van der Waals surface area (Å²) in [6.45, 7) is 4.10. The highest BCUT2D eigenvalue weighted by atomic mass is 32.2. The van der Waals surface area contributed by atoms with Crippen molar-refractivity contribution in [3.63, 3.8) is 0 Å². The van der Waals surface area contributed by atoms with Gasteiger partial charge >= 0.3 is 5.97 Å². The summed E-state index contributed by atoms with van der Waals surface area (Å²) in [6, 6.07) is 1.94. The molecule has 0 bridgehead atoms. The van der Waals surface area contributed by atoms with Crippen molar-refractivity contribution in [3.05, 3.63) is 24.0 Å². The number of carbonyl (C=O) groups excluding carboxylic acids is 1. The van der Waals surface area contributed by atoms with Gasteiger partial charge in [-0.3, -0.25) is 0 Å². The highest BCUT2D eigenvalue weighted by Crippen LogP contribution is 2.19. The van der Waals surface area contributed by atoms with Gasteiger partial charge in [0.05, 0.1) is 12.8 Å². The lowest BCUT2D eigenvalue weighted by molar-refractivity contribution is 0.0528. The number of fused-ring (bicyclic) bond motifs is 1. The number of hydrogen-bond acceptors (Lipinski definition) is 6. The molecule has 3 rings (SSSR count). The van der Waals surface area contributed by atoms with Crippen LogP contribution in [0.2, 0.25) is 0 Å². The van der Waals surface area contributed by atoms with E-state index in [-0.39, 0.29) is 5.97 Å². The van der Waals surface area contributed by atoms with Gasteiger partial charge in [0, 0.05) is 30.8 Å². The Morgan fingerprint density at radius 3 is 3.00 bits per heavy atom. The lowest BCUT2D eigenvalue weighted by Crippen LogP contribution is -2.33. The Bertz CT molecular complexity index is 622. The first kappa shape index (κ1) is 13.2. The predicted octanol–water partition coefficient (Wildman–Crippen LogP) is 1.46. The lowest BCUT2D eigenvalue weighted by atomic mass is 10.3. The number of thioether (sulfide) groups is 1. The van der Waals surface area contributed by atoms with Crippen LogP contribution >= 0.6 is 11.8 Å². The van der Waals surface area contributed by atoms with E-state index in [4.69, 9.17) is 4.74 Å². The quantitative estimate of drug-likeness (QED) is 0.798. The Morgan fingerprint density at radius 2 is 2.25 bits per heavy atom. The van der Waals surface area contributed by atoms with E-state index in [0.29, 0.717) is 17.8 Å². The Balaban J connectivity index is 1.96. The zero-order chi connectivity index (χ0) is 13.9. The summed E-state index contributed by atoms with van der Waals surface area (Å²) < 4.78 is 6.64. The summed E-state index contributed by atoms with van der Waals surface area (Å²) in [5.41, 5.74) is 0.972. The molecule has 1 aliphatic heterocycles. The van der Waals surface area contributed by atoms with Crippen molar-refractivity contribution in [1.82, 2.24) is 14.6 Å². The molecule has 0 atom stereocenters. The molecule has 0 amide bonds. The summed E-state index contributed by atoms with van der Waals surface area (Å²) in [7, 11) is 0. The van der Waals surface area contributed by atoms with Crippen LogP contribution in [0.1, 0.15) is 17.3 Å². The van der Waals surface area contributed by atoms with Crippen molar-refractivity contribution >= 4 is 29.2 Å². The fourth-order valence-electron chi connectivity index (χ4n) is 2.18. The van der Waals surface area contributed by atoms with E-state index >= 15 is 0 Å². The van der Waals surface area contributed by atoms with Gasteiger partial charge in [-0.05, 0) is 13.0 Å². The summed E-state index contributed by atoms with van der Waals surface area (Å²) in [5.74, 6) is 2.73. The van der Waals surface area contributed by atoms with Crippen molar-refractivity contribution < 1.29 is 9.53 Å². The number of hydrogen-bond donors (Lipinski definition) is 0. The van der Waals surface area contributed by atoms with Crippen molar-refractivity contribution in [1.29, 1.82) is 0 Å². The molecule has 0 aromatic carbocycles. The monoisotopic (exact) mass is 292 g/mol. The summed E-state index contributed by atoms with van der Waals surface area (Å²) in [4.78, 5) is 18.7. The molecule has 3 heterocycles. The minimum atomic E-state index is -0.374. The Morgan fingerprint density at radius 1 is 1.45 bits per heavy atom. The maximum absolute atomic E-state index is 11.9. The maximum Gasteiger partial charge on any atom is 0.343 e. The van der Waals surface area contributed by atoms with Crippen LogP contribution in [0.15, 0.2) is 18.5 Å². The SMILES string of the molecule is CCOC(=O)c1cnn2ccc(N3CCSCC3)nc12. The molecular formula is C13H16N4O2S. The van der Waals surface area contributed by atoms with Crippen molar-refractivity contribution in [2.75, 3.05) is 36.1 Å². The van der Waals surface area contributed by atoms with Gasteiger partial charge in [-0.2, -0.15) is 16.9 Å². The average molecular weight is 292 g/mol. The molecule has 1 aliphatic rings. The third-order valence-electron chi connectivity index (χ3n) is 3.18. The number of esters is 1. The minimum Gasteiger partial charge on any atom is -0.462 e. The van der Waals surface area contributed by atoms with Crippen LogP contribution < -0.4 is 4.90 Å². The molecule has 1 fully saturated rings. The lowest BCUT2D eigenvalue weighted by Gasteiger charge is -2.27. The van der Waals surface area contributed by atoms with Crippen molar-refractivity contribution in [3.8, 4) is 0 Å². The van der Waals surface area contributed by atoms with Crippen LogP contribution in [-0.2, 0) is 4.74 Å². The molecule has 7 heteroatoms. The highest BCUT2D eigenvalue weighted by Gasteiger charge is 2.18. The topological polar surface area (TPSA) is 59.7 Å². The molecule has 2 aromatic rings. The van der Waals surface area contributed by atoms with Crippen LogP contribution in [0.5, 0.6) is 0 Å². The first-order valence-corrected chi connectivity index (χ1v) is 7.79. The zero-order valence-corrected chi connectivity index (χ0v) is 12.1. The van der Waals surface area contributed by atoms with E-state index in [1.165, 1.54) is 6.20 Å². The van der Waals surface area contributed by atoms with Crippen LogP contribution in [-0.4, -0.2) is 51.8 Å². The van der Waals surface area contributed by atoms with Gasteiger partial charge in [-0.25, -0.2) is 14.3 Å². The molecule has 20 heavy (non-hydrogen) atoms. The van der Waals surface area contributed by atoms with Crippen LogP contribution in [0.3, 0.4) is 0 Å². The first-order chi connectivity index (χ1) is 9.79. The highest BCUT2D eigenvalue weighted by molar-refractivity contribution is 7.99. The number of ether oxygens (including phenoxy) is 1. The minimum absolute atomic E-state index is 0.346. The number of carbonyl (C=O) groups is 1. The summed E-state index contributed by atoms with van der Waals surface area (Å²) in [5, 5.41) is 4.14. The number of nitrogens with zero attached hydrogens (tertiary/aromatic N) is 4. The molecule has 0 spiro atoms. The Labute approximate surface area is 121 Å². The fourth-order valence-corrected chi connectivity index (χ4v) is 3.08. The van der Waals surface area contributed by atoms with Gasteiger partial charge < -0.3 is 9.64 Å². The second-order valence-corrected chi connectivity index (χ2v) is 5.66. The van der Waals surface area contributed by atoms with Crippen LogP contribution in [0, 0.1) is 0 Å². The molecule has 1 saturated heterocycles. The Hall–Kier alpha value is -1.76. The third-order valence-corrected chi connectivity index (χ3v) is 4.13. The smallest absolute Gasteiger partial charge is 0.343 e. The molecule has 0 radical (unpaired) electrons. The third kappa shape index (κ3) is 2.45. The van der Waals surface area contributed by atoms with Crippen molar-refractivity contribution in [2.45, 2.75) is 6.92 Å². The molecule has 106 valence electrons. The molecule has 2 aromatic heterocycles. The molecule has 0 N–H and O–H groups in total. The normalized spacial score (nSPS) is 15.6. The second-order valence-electron chi connectivity index (χ2n) is 4.43. The van der Waals surface area contributed by atoms with E-state index in [2.05, 4.69) is 15.0 Å². The predicted molar refractivity (Wildman–Crippen MR) is 78.5 cm³/mol. The van der Waals surface area contributed by atoms with E-state index in [1.807, 2.05) is 24.0 Å². The molecule has 0 unspecified atom stereocenters. The molecule has 6 nitrogen and oxygen atoms in total. The van der Waals surface area contributed by atoms with Crippen LogP contribution in [0.4, 0.5) is 5.82 Å². The van der Waals surface area contributed by atoms with Gasteiger partial charge in [0.2, 0.25) is 0 Å². The Kier molecular flexibility index (Phi) is 3.77. The van der Waals surface area contributed by atoms with E-state index in [1.54, 1.807) is 11.4 Å². The summed E-state index contributed by atoms with van der Waals surface area (Å²) >= 11 is 1.95. The van der Waals surface area contributed by atoms with Crippen LogP contribution in [0.25, 0.3) is 5.65 Å². The zero-order valence-electron chi connectivity index (χ0n) is 11.3. The van der Waals surface area contributed by atoms with Gasteiger partial charge in [0.1, 0.15) is 11.4 Å². The number of rotatable bonds is 3. The van der Waals surface area contributed by atoms with Gasteiger partial charge in [-0.15, -0.1) is 0 Å². The standard InChI is InChI=1S/C13H16N4O2S/c1-2-19-13(18)10-9-14-17-4-3-11(15-12(10)17)16-5-7-20-8-6-16/h3-4,9H,2,5-8H2,1H3. The molecule has 0 aliphatic carbocycles. The van der Waals surface area contributed by atoms with Gasteiger partial charge in [0.25, 0.3) is 0 Å². The fraction of sp³-hybridized carbons (Fsp3) is 0.462. The van der Waals surface area contributed by atoms with E-state index < -0.39 is 0 Å². The number of anilines is 1. The summed E-state index contributed by atoms with van der Waals surface area (Å²) in [6.07, 6.45) is 3.35. The van der Waals surface area contributed by atoms with Gasteiger partial charge in [0.15, 0.2) is 5.65 Å². The van der Waals surface area contributed by atoms with E-state index in [9.17, 15) is 4.79 Å². The molecule has 0 saturated carbocycles. The number of aromatic nitrogens is 3. The second kappa shape index (κ2) is 5.70. The largest absolute Gasteiger partial charge is 0.462 e. The first-order valence-electron chi connectivity index (χ1n) is 6.64.